The van der Waals surface area contributed by atoms with Gasteiger partial charge in [-0.25, -0.2) is 9.97 Å². The van der Waals surface area contributed by atoms with Crippen LogP contribution in [0.25, 0.3) is 0 Å². The summed E-state index contributed by atoms with van der Waals surface area (Å²) in [5, 5.41) is 0. The van der Waals surface area contributed by atoms with E-state index in [0.717, 1.165) is 31.0 Å². The van der Waals surface area contributed by atoms with E-state index in [-0.39, 0.29) is 11.9 Å². The van der Waals surface area contributed by atoms with Crippen LogP contribution in [-0.2, 0) is 11.3 Å². The minimum Gasteiger partial charge on any atom is -0.363 e. The summed E-state index contributed by atoms with van der Waals surface area (Å²) in [7, 11) is 3.97. The van der Waals surface area contributed by atoms with E-state index in [1.807, 2.05) is 48.6 Å². The zero-order valence-electron chi connectivity index (χ0n) is 16.2. The molecule has 2 aromatic heterocycles. The Bertz CT molecular complexity index is 752. The van der Waals surface area contributed by atoms with Gasteiger partial charge < -0.3 is 14.4 Å². The largest absolute Gasteiger partial charge is 0.363 e. The average molecular weight is 355 g/mol. The second kappa shape index (κ2) is 7.89. The van der Waals surface area contributed by atoms with Gasteiger partial charge in [0.25, 0.3) is 0 Å². The lowest BCUT2D eigenvalue weighted by molar-refractivity contribution is -0.132. The van der Waals surface area contributed by atoms with Crippen molar-refractivity contribution in [3.63, 3.8) is 0 Å². The van der Waals surface area contributed by atoms with E-state index in [4.69, 9.17) is 0 Å². The van der Waals surface area contributed by atoms with Gasteiger partial charge in [-0.1, -0.05) is 13.8 Å². The van der Waals surface area contributed by atoms with E-state index in [0.29, 0.717) is 18.9 Å². The molecule has 0 radical (unpaired) electrons. The van der Waals surface area contributed by atoms with Crippen molar-refractivity contribution in [3.8, 4) is 0 Å². The van der Waals surface area contributed by atoms with Crippen LogP contribution in [0.4, 0.5) is 5.82 Å². The number of pyridine rings is 1. The molecule has 0 N–H and O–H groups in total. The topological polar surface area (TPSA) is 54.3 Å². The molecule has 1 aliphatic heterocycles. The second-order valence-electron chi connectivity index (χ2n) is 7.47. The van der Waals surface area contributed by atoms with E-state index >= 15 is 0 Å². The lowest BCUT2D eigenvalue weighted by Gasteiger charge is -2.26. The molecule has 0 bridgehead atoms. The summed E-state index contributed by atoms with van der Waals surface area (Å²) in [5.41, 5.74) is 1.18. The van der Waals surface area contributed by atoms with Crippen LogP contribution in [0.15, 0.2) is 30.7 Å². The molecule has 1 fully saturated rings. The first-order valence-electron chi connectivity index (χ1n) is 9.41. The molecule has 0 saturated carbocycles. The van der Waals surface area contributed by atoms with E-state index in [2.05, 4.69) is 34.4 Å². The van der Waals surface area contributed by atoms with Gasteiger partial charge in [0.05, 0.1) is 6.04 Å². The molecule has 0 unspecified atom stereocenters. The Morgan fingerprint density at radius 1 is 1.31 bits per heavy atom. The number of nitrogens with zero attached hydrogens (tertiary/aromatic N) is 5. The van der Waals surface area contributed by atoms with Gasteiger partial charge in [0.1, 0.15) is 11.6 Å². The highest BCUT2D eigenvalue weighted by molar-refractivity contribution is 5.77. The number of rotatable bonds is 6. The van der Waals surface area contributed by atoms with Gasteiger partial charge >= 0.3 is 0 Å². The summed E-state index contributed by atoms with van der Waals surface area (Å²) in [5.74, 6) is 2.56. The number of imidazole rings is 1. The Labute approximate surface area is 155 Å². The molecule has 3 heterocycles. The smallest absolute Gasteiger partial charge is 0.224 e. The van der Waals surface area contributed by atoms with Gasteiger partial charge in [-0.3, -0.25) is 4.79 Å². The number of likely N-dealkylation sites (tertiary alicyclic amines) is 1. The number of hydrogen-bond donors (Lipinski definition) is 0. The molecule has 0 aromatic carbocycles. The monoisotopic (exact) mass is 355 g/mol. The van der Waals surface area contributed by atoms with Gasteiger partial charge in [-0.2, -0.15) is 0 Å². The molecule has 1 aliphatic rings. The highest BCUT2D eigenvalue weighted by Gasteiger charge is 2.30. The molecule has 6 heteroatoms. The fourth-order valence-electron chi connectivity index (χ4n) is 3.67. The SMILES string of the molecule is CC(C)c1nccn1CCC(=O)N1CCC[C@H]1c1ccnc(N(C)C)c1. The number of aromatic nitrogens is 3. The van der Waals surface area contributed by atoms with Crippen LogP contribution in [0.1, 0.15) is 56.5 Å². The third kappa shape index (κ3) is 3.89. The normalized spacial score (nSPS) is 17.1. The summed E-state index contributed by atoms with van der Waals surface area (Å²) in [6.45, 7) is 5.78. The fourth-order valence-corrected chi connectivity index (χ4v) is 3.67. The van der Waals surface area contributed by atoms with Gasteiger partial charge in [0, 0.05) is 58.1 Å². The number of aryl methyl sites for hydroxylation is 1. The molecular weight excluding hydrogens is 326 g/mol. The van der Waals surface area contributed by atoms with Crippen LogP contribution in [0, 0.1) is 0 Å². The maximum atomic E-state index is 12.9. The van der Waals surface area contributed by atoms with Crippen molar-refractivity contribution in [2.45, 2.75) is 51.6 Å². The standard InChI is InChI=1S/C20H29N5O/c1-15(2)20-22-10-13-24(20)12-8-19(26)25-11-5-6-17(25)16-7-9-21-18(14-16)23(3)4/h7,9-10,13-15,17H,5-6,8,11-12H2,1-4H3/t17-/m0/s1. The van der Waals surface area contributed by atoms with Crippen molar-refractivity contribution >= 4 is 11.7 Å². The number of anilines is 1. The van der Waals surface area contributed by atoms with Crippen LogP contribution in [0.5, 0.6) is 0 Å². The molecular formula is C20H29N5O. The first-order valence-corrected chi connectivity index (χ1v) is 9.41. The van der Waals surface area contributed by atoms with Gasteiger partial charge in [0.2, 0.25) is 5.91 Å². The first-order chi connectivity index (χ1) is 12.5. The van der Waals surface area contributed by atoms with Crippen LogP contribution in [0.3, 0.4) is 0 Å². The third-order valence-corrected chi connectivity index (χ3v) is 5.02. The lowest BCUT2D eigenvalue weighted by Crippen LogP contribution is -2.31. The minimum absolute atomic E-state index is 0.163. The maximum Gasteiger partial charge on any atom is 0.224 e. The zero-order valence-corrected chi connectivity index (χ0v) is 16.2. The Morgan fingerprint density at radius 2 is 2.12 bits per heavy atom. The third-order valence-electron chi connectivity index (χ3n) is 5.02. The summed E-state index contributed by atoms with van der Waals surface area (Å²) in [6, 6.07) is 4.30. The van der Waals surface area contributed by atoms with E-state index in [9.17, 15) is 4.79 Å². The maximum absolute atomic E-state index is 12.9. The van der Waals surface area contributed by atoms with Crippen molar-refractivity contribution in [1.82, 2.24) is 19.4 Å². The average Bonchev–Trinajstić information content (AvgIpc) is 3.29. The van der Waals surface area contributed by atoms with E-state index < -0.39 is 0 Å². The number of carbonyl (C=O) groups excluding carboxylic acids is 1. The predicted octanol–water partition coefficient (Wildman–Crippen LogP) is 3.22. The molecule has 26 heavy (non-hydrogen) atoms. The minimum atomic E-state index is 0.163. The highest BCUT2D eigenvalue weighted by Crippen LogP contribution is 2.33. The van der Waals surface area contributed by atoms with Crippen LogP contribution >= 0.6 is 0 Å². The van der Waals surface area contributed by atoms with Crippen molar-refractivity contribution in [1.29, 1.82) is 0 Å². The number of carbonyl (C=O) groups is 1. The van der Waals surface area contributed by atoms with Crippen LogP contribution in [-0.4, -0.2) is 46.0 Å². The van der Waals surface area contributed by atoms with Gasteiger partial charge in [0.15, 0.2) is 0 Å². The molecule has 1 amide bonds. The van der Waals surface area contributed by atoms with Crippen molar-refractivity contribution in [2.24, 2.45) is 0 Å². The predicted molar refractivity (Wildman–Crippen MR) is 103 cm³/mol. The Balaban J connectivity index is 1.68. The Kier molecular flexibility index (Phi) is 5.59. The first kappa shape index (κ1) is 18.4. The highest BCUT2D eigenvalue weighted by atomic mass is 16.2. The second-order valence-corrected chi connectivity index (χ2v) is 7.47. The van der Waals surface area contributed by atoms with E-state index in [1.54, 1.807) is 0 Å². The van der Waals surface area contributed by atoms with Crippen molar-refractivity contribution in [3.05, 3.63) is 42.1 Å². The zero-order chi connectivity index (χ0) is 18.7. The molecule has 0 spiro atoms. The number of amides is 1. The Morgan fingerprint density at radius 3 is 2.85 bits per heavy atom. The molecule has 3 rings (SSSR count). The molecule has 1 saturated heterocycles. The molecule has 140 valence electrons. The summed E-state index contributed by atoms with van der Waals surface area (Å²) >= 11 is 0. The molecule has 1 atom stereocenters. The summed E-state index contributed by atoms with van der Waals surface area (Å²) < 4.78 is 2.10. The van der Waals surface area contributed by atoms with Crippen LogP contribution in [0.2, 0.25) is 0 Å². The molecule has 2 aromatic rings. The van der Waals surface area contributed by atoms with Crippen LogP contribution < -0.4 is 4.90 Å². The van der Waals surface area contributed by atoms with Crippen molar-refractivity contribution in [2.75, 3.05) is 25.5 Å². The number of hydrogen-bond acceptors (Lipinski definition) is 4. The molecule has 0 aliphatic carbocycles. The quantitative estimate of drug-likeness (QED) is 0.798. The van der Waals surface area contributed by atoms with Crippen molar-refractivity contribution < 1.29 is 4.79 Å². The summed E-state index contributed by atoms with van der Waals surface area (Å²) in [4.78, 5) is 25.7. The lowest BCUT2D eigenvalue weighted by atomic mass is 10.1. The Hall–Kier alpha value is -2.37. The van der Waals surface area contributed by atoms with Gasteiger partial charge in [-0.05, 0) is 30.5 Å². The summed E-state index contributed by atoms with van der Waals surface area (Å²) in [6.07, 6.45) is 8.21. The van der Waals surface area contributed by atoms with E-state index in [1.165, 1.54) is 5.56 Å². The fraction of sp³-hybridized carbons (Fsp3) is 0.550. The molecule has 6 nitrogen and oxygen atoms in total. The van der Waals surface area contributed by atoms with Gasteiger partial charge in [-0.15, -0.1) is 0 Å².